The molecule has 3 nitrogen and oxygen atoms in total. The standard InChI is InChI=1S/C15H15ClN2O/c1-10-3-4-14(18-7-10)9-17-8-12-6-13(16)5-11(2)15(12)19/h3-8,19H,9H2,1-2H3. The van der Waals surface area contributed by atoms with E-state index in [-0.39, 0.29) is 5.75 Å². The average Bonchev–Trinajstić information content (AvgIpc) is 2.37. The van der Waals surface area contributed by atoms with Crippen molar-refractivity contribution in [3.8, 4) is 5.75 Å². The van der Waals surface area contributed by atoms with E-state index < -0.39 is 0 Å². The van der Waals surface area contributed by atoms with Crippen molar-refractivity contribution in [2.45, 2.75) is 20.4 Å². The van der Waals surface area contributed by atoms with Crippen LogP contribution in [0.3, 0.4) is 0 Å². The smallest absolute Gasteiger partial charge is 0.127 e. The van der Waals surface area contributed by atoms with E-state index in [0.29, 0.717) is 17.1 Å². The van der Waals surface area contributed by atoms with Gasteiger partial charge in [-0.15, -0.1) is 0 Å². The predicted octanol–water partition coefficient (Wildman–Crippen LogP) is 3.68. The van der Waals surface area contributed by atoms with Crippen LogP contribution < -0.4 is 0 Å². The van der Waals surface area contributed by atoms with Gasteiger partial charge in [0.15, 0.2) is 0 Å². The molecule has 0 saturated carbocycles. The monoisotopic (exact) mass is 274 g/mol. The molecule has 1 aromatic heterocycles. The molecule has 0 aliphatic heterocycles. The lowest BCUT2D eigenvalue weighted by Crippen LogP contribution is -1.90. The van der Waals surface area contributed by atoms with E-state index in [2.05, 4.69) is 9.98 Å². The second-order valence-electron chi connectivity index (χ2n) is 4.46. The zero-order valence-electron chi connectivity index (χ0n) is 10.9. The van der Waals surface area contributed by atoms with Crippen LogP contribution in [0.25, 0.3) is 0 Å². The van der Waals surface area contributed by atoms with Crippen LogP contribution in [0, 0.1) is 13.8 Å². The van der Waals surface area contributed by atoms with Gasteiger partial charge in [-0.05, 0) is 43.2 Å². The Morgan fingerprint density at radius 2 is 2.11 bits per heavy atom. The summed E-state index contributed by atoms with van der Waals surface area (Å²) in [5.74, 6) is 0.213. The number of halogens is 1. The molecule has 0 bridgehead atoms. The summed E-state index contributed by atoms with van der Waals surface area (Å²) in [6.45, 7) is 4.28. The Morgan fingerprint density at radius 3 is 2.79 bits per heavy atom. The maximum absolute atomic E-state index is 9.89. The lowest BCUT2D eigenvalue weighted by molar-refractivity contribution is 0.470. The summed E-state index contributed by atoms with van der Waals surface area (Å²) in [7, 11) is 0. The number of nitrogens with zero attached hydrogens (tertiary/aromatic N) is 2. The van der Waals surface area contributed by atoms with Gasteiger partial charge < -0.3 is 5.11 Å². The van der Waals surface area contributed by atoms with Crippen LogP contribution >= 0.6 is 11.6 Å². The van der Waals surface area contributed by atoms with Crippen LogP contribution in [0.15, 0.2) is 35.5 Å². The molecule has 19 heavy (non-hydrogen) atoms. The van der Waals surface area contributed by atoms with Crippen molar-refractivity contribution in [2.75, 3.05) is 0 Å². The highest BCUT2D eigenvalue weighted by molar-refractivity contribution is 6.31. The molecule has 1 aromatic carbocycles. The van der Waals surface area contributed by atoms with Gasteiger partial charge in [-0.3, -0.25) is 9.98 Å². The summed E-state index contributed by atoms with van der Waals surface area (Å²) in [6.07, 6.45) is 3.43. The van der Waals surface area contributed by atoms with Gasteiger partial charge >= 0.3 is 0 Å². The molecule has 0 radical (unpaired) electrons. The van der Waals surface area contributed by atoms with Crippen LogP contribution in [-0.4, -0.2) is 16.3 Å². The molecule has 2 rings (SSSR count). The largest absolute Gasteiger partial charge is 0.507 e. The Labute approximate surface area is 117 Å². The van der Waals surface area contributed by atoms with Crippen LogP contribution in [0.1, 0.15) is 22.4 Å². The predicted molar refractivity (Wildman–Crippen MR) is 78.1 cm³/mol. The summed E-state index contributed by atoms with van der Waals surface area (Å²) >= 11 is 5.95. The molecule has 0 atom stereocenters. The van der Waals surface area contributed by atoms with Crippen LogP contribution in [-0.2, 0) is 6.54 Å². The number of hydrogen-bond donors (Lipinski definition) is 1. The third-order valence-electron chi connectivity index (χ3n) is 2.75. The topological polar surface area (TPSA) is 45.5 Å². The quantitative estimate of drug-likeness (QED) is 0.868. The van der Waals surface area contributed by atoms with Crippen molar-refractivity contribution in [3.05, 3.63) is 57.9 Å². The van der Waals surface area contributed by atoms with Gasteiger partial charge in [0.05, 0.1) is 12.2 Å². The van der Waals surface area contributed by atoms with Crippen LogP contribution in [0.2, 0.25) is 5.02 Å². The van der Waals surface area contributed by atoms with Crippen molar-refractivity contribution in [1.29, 1.82) is 0 Å². The van der Waals surface area contributed by atoms with Crippen molar-refractivity contribution in [1.82, 2.24) is 4.98 Å². The highest BCUT2D eigenvalue weighted by Crippen LogP contribution is 2.25. The number of aliphatic imine (C=N–C) groups is 1. The van der Waals surface area contributed by atoms with Crippen molar-refractivity contribution in [2.24, 2.45) is 4.99 Å². The third-order valence-corrected chi connectivity index (χ3v) is 2.97. The molecular formula is C15H15ClN2O. The number of hydrogen-bond acceptors (Lipinski definition) is 3. The summed E-state index contributed by atoms with van der Waals surface area (Å²) in [5, 5.41) is 10.5. The molecule has 0 unspecified atom stereocenters. The first kappa shape index (κ1) is 13.6. The molecule has 0 amide bonds. The van der Waals surface area contributed by atoms with E-state index in [1.807, 2.05) is 25.3 Å². The number of aryl methyl sites for hydroxylation is 2. The SMILES string of the molecule is Cc1ccc(CN=Cc2cc(Cl)cc(C)c2O)nc1. The molecule has 1 heterocycles. The van der Waals surface area contributed by atoms with Crippen molar-refractivity contribution in [3.63, 3.8) is 0 Å². The van der Waals surface area contributed by atoms with E-state index >= 15 is 0 Å². The van der Waals surface area contributed by atoms with Gasteiger partial charge in [0, 0.05) is 23.0 Å². The summed E-state index contributed by atoms with van der Waals surface area (Å²) in [5.41, 5.74) is 3.37. The third kappa shape index (κ3) is 3.55. The van der Waals surface area contributed by atoms with Gasteiger partial charge in [-0.1, -0.05) is 17.7 Å². The fourth-order valence-corrected chi connectivity index (χ4v) is 1.97. The second kappa shape index (κ2) is 5.85. The Bertz CT molecular complexity index is 606. The van der Waals surface area contributed by atoms with Crippen molar-refractivity contribution < 1.29 is 5.11 Å². The van der Waals surface area contributed by atoms with E-state index in [1.165, 1.54) is 0 Å². The lowest BCUT2D eigenvalue weighted by atomic mass is 10.1. The number of phenols is 1. The fourth-order valence-electron chi connectivity index (χ4n) is 1.69. The molecular weight excluding hydrogens is 260 g/mol. The number of benzene rings is 1. The summed E-state index contributed by atoms with van der Waals surface area (Å²) < 4.78 is 0. The molecule has 0 fully saturated rings. The average molecular weight is 275 g/mol. The first-order valence-corrected chi connectivity index (χ1v) is 6.34. The number of phenolic OH excluding ortho intramolecular Hbond substituents is 1. The Hall–Kier alpha value is -1.87. The second-order valence-corrected chi connectivity index (χ2v) is 4.89. The number of aromatic nitrogens is 1. The van der Waals surface area contributed by atoms with E-state index in [4.69, 9.17) is 11.6 Å². The van der Waals surface area contributed by atoms with E-state index in [1.54, 1.807) is 25.3 Å². The lowest BCUT2D eigenvalue weighted by Gasteiger charge is -2.03. The number of pyridine rings is 1. The zero-order valence-corrected chi connectivity index (χ0v) is 11.6. The van der Waals surface area contributed by atoms with Gasteiger partial charge in [0.2, 0.25) is 0 Å². The molecule has 0 aliphatic carbocycles. The summed E-state index contributed by atoms with van der Waals surface area (Å²) in [6, 6.07) is 7.35. The minimum Gasteiger partial charge on any atom is -0.507 e. The highest BCUT2D eigenvalue weighted by Gasteiger charge is 2.03. The molecule has 98 valence electrons. The van der Waals surface area contributed by atoms with Gasteiger partial charge in [0.1, 0.15) is 5.75 Å². The van der Waals surface area contributed by atoms with Crippen molar-refractivity contribution >= 4 is 17.8 Å². The van der Waals surface area contributed by atoms with Gasteiger partial charge in [-0.2, -0.15) is 0 Å². The van der Waals surface area contributed by atoms with Gasteiger partial charge in [-0.25, -0.2) is 0 Å². The first-order valence-electron chi connectivity index (χ1n) is 5.97. The van der Waals surface area contributed by atoms with Crippen LogP contribution in [0.4, 0.5) is 0 Å². The molecule has 4 heteroatoms. The molecule has 2 aromatic rings. The minimum absolute atomic E-state index is 0.213. The normalized spacial score (nSPS) is 11.1. The molecule has 0 spiro atoms. The van der Waals surface area contributed by atoms with Gasteiger partial charge in [0.25, 0.3) is 0 Å². The van der Waals surface area contributed by atoms with Crippen LogP contribution in [0.5, 0.6) is 5.75 Å². The Kier molecular flexibility index (Phi) is 4.17. The summed E-state index contributed by atoms with van der Waals surface area (Å²) in [4.78, 5) is 8.54. The zero-order chi connectivity index (χ0) is 13.8. The molecule has 1 N–H and O–H groups in total. The number of rotatable bonds is 3. The minimum atomic E-state index is 0.213. The molecule has 0 aliphatic rings. The van der Waals surface area contributed by atoms with E-state index in [9.17, 15) is 5.11 Å². The maximum Gasteiger partial charge on any atom is 0.127 e. The first-order chi connectivity index (χ1) is 9.06. The maximum atomic E-state index is 9.89. The Morgan fingerprint density at radius 1 is 1.32 bits per heavy atom. The highest BCUT2D eigenvalue weighted by atomic mass is 35.5. The number of aromatic hydroxyl groups is 1. The van der Waals surface area contributed by atoms with E-state index in [0.717, 1.165) is 16.8 Å². The fraction of sp³-hybridized carbons (Fsp3) is 0.200. The molecule has 0 saturated heterocycles. The Balaban J connectivity index is 2.13.